The van der Waals surface area contributed by atoms with Gasteiger partial charge in [-0.2, -0.15) is 0 Å². The number of allylic oxidation sites excluding steroid dienone is 16. The summed E-state index contributed by atoms with van der Waals surface area (Å²) >= 11 is 0. The highest BCUT2D eigenvalue weighted by molar-refractivity contribution is 5.74. The van der Waals surface area contributed by atoms with E-state index >= 15 is 0 Å². The van der Waals surface area contributed by atoms with E-state index < -0.39 is 67.3 Å². The van der Waals surface area contributed by atoms with Crippen molar-refractivity contribution in [2.75, 3.05) is 13.2 Å². The summed E-state index contributed by atoms with van der Waals surface area (Å²) in [5.41, 5.74) is 0. The van der Waals surface area contributed by atoms with Crippen LogP contribution < -0.4 is 0 Å². The molecule has 1 heterocycles. The van der Waals surface area contributed by atoms with E-state index in [1.807, 2.05) is 6.08 Å². The third kappa shape index (κ3) is 40.6. The van der Waals surface area contributed by atoms with Gasteiger partial charge in [-0.1, -0.05) is 189 Å². The molecule has 0 aromatic heterocycles. The Morgan fingerprint density at radius 1 is 0.453 bits per heavy atom. The van der Waals surface area contributed by atoms with Crippen LogP contribution in [0.15, 0.2) is 97.2 Å². The fraction of sp³-hybridized carbons (Fsp3) is 0.683. The van der Waals surface area contributed by atoms with Crippen LogP contribution >= 0.6 is 0 Å². The first-order valence-corrected chi connectivity index (χ1v) is 29.2. The number of ether oxygens (including phenoxy) is 5. The van der Waals surface area contributed by atoms with Crippen molar-refractivity contribution in [2.24, 2.45) is 0 Å². The third-order valence-corrected chi connectivity index (χ3v) is 12.6. The number of carbonyl (C=O) groups is 4. The predicted molar refractivity (Wildman–Crippen MR) is 303 cm³/mol. The summed E-state index contributed by atoms with van der Waals surface area (Å²) in [6.45, 7) is 5.76. The highest BCUT2D eigenvalue weighted by Gasteiger charge is 2.50. The maximum Gasteiger partial charge on any atom is 0.335 e. The molecule has 3 N–H and O–H groups in total. The molecule has 1 rings (SSSR count). The van der Waals surface area contributed by atoms with Crippen LogP contribution in [-0.2, 0) is 42.9 Å². The highest BCUT2D eigenvalue weighted by atomic mass is 16.7. The van der Waals surface area contributed by atoms with Crippen molar-refractivity contribution >= 4 is 23.9 Å². The molecule has 12 nitrogen and oxygen atoms in total. The van der Waals surface area contributed by atoms with Crippen molar-refractivity contribution in [1.29, 1.82) is 0 Å². The molecule has 0 radical (unpaired) electrons. The van der Waals surface area contributed by atoms with Gasteiger partial charge in [-0.25, -0.2) is 4.79 Å². The summed E-state index contributed by atoms with van der Waals surface area (Å²) in [6, 6.07) is 0. The average molecular weight is 1050 g/mol. The Labute approximate surface area is 453 Å². The fourth-order valence-electron chi connectivity index (χ4n) is 8.13. The van der Waals surface area contributed by atoms with E-state index in [4.69, 9.17) is 23.7 Å². The van der Waals surface area contributed by atoms with Crippen molar-refractivity contribution in [3.8, 4) is 0 Å². The number of rotatable bonds is 48. The maximum absolute atomic E-state index is 13.1. The number of unbranched alkanes of at least 4 members (excludes halogenated alkanes) is 18. The summed E-state index contributed by atoms with van der Waals surface area (Å²) in [6.07, 6.45) is 53.8. The van der Waals surface area contributed by atoms with Gasteiger partial charge in [-0.05, 0) is 116 Å². The molecule has 0 spiro atoms. The zero-order chi connectivity index (χ0) is 54.7. The quantitative estimate of drug-likeness (QED) is 0.0228. The number of carboxylic acid groups (broad SMARTS) is 1. The molecule has 6 unspecified atom stereocenters. The van der Waals surface area contributed by atoms with Crippen LogP contribution in [0.25, 0.3) is 0 Å². The lowest BCUT2D eigenvalue weighted by Gasteiger charge is -2.40. The smallest absolute Gasteiger partial charge is 0.335 e. The van der Waals surface area contributed by atoms with Gasteiger partial charge in [0.15, 0.2) is 24.6 Å². The molecule has 0 aromatic rings. The summed E-state index contributed by atoms with van der Waals surface area (Å²) in [7, 11) is 0. The average Bonchev–Trinajstić information content (AvgIpc) is 3.39. The number of aliphatic hydroxyl groups is 2. The number of esters is 3. The molecule has 0 amide bonds. The van der Waals surface area contributed by atoms with Gasteiger partial charge in [0.05, 0.1) is 6.61 Å². The normalized spacial score (nSPS) is 18.9. The van der Waals surface area contributed by atoms with Crippen molar-refractivity contribution in [1.82, 2.24) is 0 Å². The third-order valence-electron chi connectivity index (χ3n) is 12.6. The van der Waals surface area contributed by atoms with Gasteiger partial charge < -0.3 is 39.0 Å². The summed E-state index contributed by atoms with van der Waals surface area (Å²) < 4.78 is 28.3. The van der Waals surface area contributed by atoms with Crippen LogP contribution in [0.3, 0.4) is 0 Å². The van der Waals surface area contributed by atoms with Crippen LogP contribution in [0.5, 0.6) is 0 Å². The molecule has 1 fully saturated rings. The van der Waals surface area contributed by atoms with Gasteiger partial charge >= 0.3 is 23.9 Å². The number of aliphatic carboxylic acids is 1. The standard InChI is InChI=1S/C63H102O12/c1-4-7-10-13-16-19-22-25-27-28-30-32-34-37-40-43-46-49-55(64)71-52-54(73-56(65)50-47-44-41-38-35-31-24-21-18-15-12-9-6-3)53-72-63-61(59(68)58(67)60(75-63)62(69)70)74-57(66)51-48-45-42-39-36-33-29-26-23-20-17-14-11-8-5-2/h7,10,16-17,19-21,24-27,29-30,32,37,40,54,58-61,63,67-68H,4-6,8-9,11-15,18,22-23,28,31,33-36,38-39,41-53H2,1-3H3,(H,69,70)/b10-7-,19-16-,20-17-,24-21-,27-25-,29-26-,32-30-,40-37-. The van der Waals surface area contributed by atoms with E-state index in [1.165, 1.54) is 44.9 Å². The Morgan fingerprint density at radius 2 is 0.853 bits per heavy atom. The highest BCUT2D eigenvalue weighted by Crippen LogP contribution is 2.26. The minimum absolute atomic E-state index is 0.0341. The van der Waals surface area contributed by atoms with Gasteiger partial charge in [0.1, 0.15) is 18.8 Å². The Morgan fingerprint density at radius 3 is 1.36 bits per heavy atom. The van der Waals surface area contributed by atoms with E-state index in [2.05, 4.69) is 112 Å². The van der Waals surface area contributed by atoms with Crippen molar-refractivity contribution < 1.29 is 58.2 Å². The van der Waals surface area contributed by atoms with E-state index in [1.54, 1.807) is 0 Å². The van der Waals surface area contributed by atoms with Gasteiger partial charge in [0, 0.05) is 19.3 Å². The van der Waals surface area contributed by atoms with Gasteiger partial charge in [0.2, 0.25) is 0 Å². The van der Waals surface area contributed by atoms with Crippen LogP contribution in [-0.4, -0.2) is 89.2 Å². The number of carbonyl (C=O) groups excluding carboxylic acids is 3. The molecular weight excluding hydrogens is 949 g/mol. The van der Waals surface area contributed by atoms with Crippen LogP contribution in [0.2, 0.25) is 0 Å². The first-order chi connectivity index (χ1) is 36.6. The lowest BCUT2D eigenvalue weighted by Crippen LogP contribution is -2.61. The van der Waals surface area contributed by atoms with Crippen LogP contribution in [0, 0.1) is 0 Å². The van der Waals surface area contributed by atoms with Crippen molar-refractivity contribution in [2.45, 2.75) is 263 Å². The van der Waals surface area contributed by atoms with Crippen LogP contribution in [0.1, 0.15) is 226 Å². The second-order valence-electron chi connectivity index (χ2n) is 19.5. The Balaban J connectivity index is 2.75. The Bertz CT molecular complexity index is 1670. The molecule has 75 heavy (non-hydrogen) atoms. The lowest BCUT2D eigenvalue weighted by molar-refractivity contribution is -0.301. The fourth-order valence-corrected chi connectivity index (χ4v) is 8.13. The molecule has 6 atom stereocenters. The molecule has 1 saturated heterocycles. The molecule has 12 heteroatoms. The lowest BCUT2D eigenvalue weighted by atomic mass is 9.98. The molecule has 1 aliphatic rings. The minimum atomic E-state index is -1.92. The van der Waals surface area contributed by atoms with Gasteiger partial charge in [0.25, 0.3) is 0 Å². The number of hydrogen-bond donors (Lipinski definition) is 3. The van der Waals surface area contributed by atoms with E-state index in [0.29, 0.717) is 25.7 Å². The first-order valence-electron chi connectivity index (χ1n) is 29.2. The Hall–Kier alpha value is -4.36. The minimum Gasteiger partial charge on any atom is -0.479 e. The molecule has 0 bridgehead atoms. The summed E-state index contributed by atoms with van der Waals surface area (Å²) in [5, 5.41) is 31.5. The number of aliphatic hydroxyl groups excluding tert-OH is 2. The van der Waals surface area contributed by atoms with Gasteiger partial charge in [-0.3, -0.25) is 14.4 Å². The Kier molecular flexibility index (Phi) is 46.2. The van der Waals surface area contributed by atoms with E-state index in [0.717, 1.165) is 116 Å². The SMILES string of the molecule is CC/C=C\C/C=C\C/C=C\C/C=C\C/C=C\CCCC(=O)OCC(COC1OC(C(=O)O)C(O)C(O)C1OC(=O)CCCCCCC/C=C\C/C=C\CCCCC)OC(=O)CCCCCCC/C=C\CCCCCC. The molecule has 426 valence electrons. The number of carboxylic acids is 1. The summed E-state index contributed by atoms with van der Waals surface area (Å²) in [4.78, 5) is 51.1. The van der Waals surface area contributed by atoms with E-state index in [9.17, 15) is 34.5 Å². The van der Waals surface area contributed by atoms with E-state index in [-0.39, 0.29) is 25.9 Å². The largest absolute Gasteiger partial charge is 0.479 e. The van der Waals surface area contributed by atoms with Gasteiger partial charge in [-0.15, -0.1) is 0 Å². The molecular formula is C63H102O12. The maximum atomic E-state index is 13.1. The molecule has 0 aliphatic carbocycles. The molecule has 0 saturated carbocycles. The first kappa shape index (κ1) is 68.7. The number of hydrogen-bond acceptors (Lipinski definition) is 11. The van der Waals surface area contributed by atoms with Crippen molar-refractivity contribution in [3.05, 3.63) is 97.2 Å². The van der Waals surface area contributed by atoms with Crippen molar-refractivity contribution in [3.63, 3.8) is 0 Å². The van der Waals surface area contributed by atoms with Crippen LogP contribution in [0.4, 0.5) is 0 Å². The zero-order valence-corrected chi connectivity index (χ0v) is 46.8. The molecule has 1 aliphatic heterocycles. The second-order valence-corrected chi connectivity index (χ2v) is 19.5. The summed E-state index contributed by atoms with van der Waals surface area (Å²) in [5.74, 6) is -3.24. The predicted octanol–water partition coefficient (Wildman–Crippen LogP) is 14.9. The second kappa shape index (κ2) is 50.5. The monoisotopic (exact) mass is 1050 g/mol. The zero-order valence-electron chi connectivity index (χ0n) is 46.8. The molecule has 0 aromatic carbocycles. The topological polar surface area (TPSA) is 175 Å².